The molecule has 1 heterocycles. The summed E-state index contributed by atoms with van der Waals surface area (Å²) in [5, 5.41) is 23.3. The Morgan fingerprint density at radius 3 is 2.06 bits per heavy atom. The lowest BCUT2D eigenvalue weighted by Crippen LogP contribution is -2.53. The van der Waals surface area contributed by atoms with Crippen molar-refractivity contribution in [3.8, 4) is 5.75 Å². The molecule has 5 aromatic rings. The largest absolute Gasteiger partial charge is 0.508 e. The number of rotatable bonds is 17. The molecule has 0 aromatic heterocycles. The molecule has 1 saturated heterocycles. The van der Waals surface area contributed by atoms with E-state index in [9.17, 15) is 29.4 Å². The number of ether oxygens (including phenoxy) is 4. The van der Waals surface area contributed by atoms with Crippen LogP contribution in [0.3, 0.4) is 0 Å². The lowest BCUT2D eigenvalue weighted by Gasteiger charge is -2.34. The van der Waals surface area contributed by atoms with Crippen molar-refractivity contribution in [2.24, 2.45) is 0 Å². The highest BCUT2D eigenvalue weighted by atomic mass is 16.8. The number of hydrogen-bond donors (Lipinski definition) is 3. The first-order valence-corrected chi connectivity index (χ1v) is 22.6. The van der Waals surface area contributed by atoms with Gasteiger partial charge in [-0.3, -0.25) is 14.4 Å². The maximum absolute atomic E-state index is 14.9. The predicted molar refractivity (Wildman–Crippen MR) is 253 cm³/mol. The summed E-state index contributed by atoms with van der Waals surface area (Å²) in [6, 6.07) is 40.4. The average Bonchev–Trinajstić information content (AvgIpc) is 3.74. The Labute approximate surface area is 391 Å². The van der Waals surface area contributed by atoms with Crippen LogP contribution in [0.5, 0.6) is 5.75 Å². The van der Waals surface area contributed by atoms with Crippen molar-refractivity contribution < 1.29 is 48.3 Å². The number of fused-ring (bicyclic) bond motifs is 1. The molecule has 1 aliphatic carbocycles. The number of esters is 2. The summed E-state index contributed by atoms with van der Waals surface area (Å²) in [7, 11) is 1.54. The number of nitrogens with zero attached hydrogens (tertiary/aromatic N) is 1. The van der Waals surface area contributed by atoms with Gasteiger partial charge in [0.1, 0.15) is 35.7 Å². The van der Waals surface area contributed by atoms with Crippen LogP contribution < -0.4 is 5.32 Å². The number of hydrogen-bond acceptors (Lipinski definition) is 10. The molecule has 0 spiro atoms. The minimum atomic E-state index is -1.43. The van der Waals surface area contributed by atoms with Crippen molar-refractivity contribution in [3.63, 3.8) is 0 Å². The average molecular weight is 907 g/mol. The summed E-state index contributed by atoms with van der Waals surface area (Å²) in [6.07, 6.45) is 3.51. The Morgan fingerprint density at radius 2 is 1.45 bits per heavy atom. The second-order valence-electron chi connectivity index (χ2n) is 17.8. The van der Waals surface area contributed by atoms with Gasteiger partial charge in [-0.2, -0.15) is 0 Å². The number of allylic oxidation sites excluding steroid dienone is 1. The highest BCUT2D eigenvalue weighted by Crippen LogP contribution is 2.47. The summed E-state index contributed by atoms with van der Waals surface area (Å²) >= 11 is 0. The maximum Gasteiger partial charge on any atom is 0.338 e. The van der Waals surface area contributed by atoms with Gasteiger partial charge in [-0.15, -0.1) is 0 Å². The molecule has 5 unspecified atom stereocenters. The molecule has 1 aliphatic heterocycles. The fourth-order valence-electron chi connectivity index (χ4n) is 8.33. The molecule has 3 N–H and O–H groups in total. The Bertz CT molecular complexity index is 2500. The van der Waals surface area contributed by atoms with E-state index in [4.69, 9.17) is 18.9 Å². The molecule has 0 radical (unpaired) electrons. The molecule has 67 heavy (non-hydrogen) atoms. The molecule has 5 atom stereocenters. The lowest BCUT2D eigenvalue weighted by molar-refractivity contribution is -0.157. The van der Waals surface area contributed by atoms with E-state index < -0.39 is 72.1 Å². The Hall–Kier alpha value is -6.86. The van der Waals surface area contributed by atoms with Crippen LogP contribution >= 0.6 is 0 Å². The predicted octanol–water partition coefficient (Wildman–Crippen LogP) is 7.86. The van der Waals surface area contributed by atoms with Gasteiger partial charge in [0.25, 0.3) is 0 Å². The standard InChI is InChI=1S/C55H58N2O10/c1-54(2,3)66-49(60)32-31-44(36-58)56-51(61)45(33-38-17-8-5-9-18-38)57(4)52(62)41-34-47(64-53(63)40-29-27-37(28-30-40)19-16-21-39-20-14-15-26-46(39)59)50-48(35-41)65-55(67-50,42-22-10-6-11-23-42)43-24-12-7-13-25-43/h5-20,22-30,35,44-45,47-48,50,58-59H,21,31-34,36H2,1-4H3,(H,56,61). The van der Waals surface area contributed by atoms with Crippen LogP contribution in [-0.2, 0) is 52.0 Å². The Balaban J connectivity index is 1.16. The van der Waals surface area contributed by atoms with E-state index in [-0.39, 0.29) is 42.6 Å². The van der Waals surface area contributed by atoms with Gasteiger partial charge < -0.3 is 39.4 Å². The van der Waals surface area contributed by atoms with Crippen molar-refractivity contribution in [2.45, 2.75) is 94.7 Å². The van der Waals surface area contributed by atoms with Crippen molar-refractivity contribution in [2.75, 3.05) is 13.7 Å². The van der Waals surface area contributed by atoms with E-state index in [0.717, 1.165) is 16.7 Å². The molecular formula is C55H58N2O10. The second kappa shape index (κ2) is 21.6. The van der Waals surface area contributed by atoms with Crippen molar-refractivity contribution in [1.82, 2.24) is 10.2 Å². The number of para-hydroxylation sites is 1. The first kappa shape index (κ1) is 48.1. The van der Waals surface area contributed by atoms with E-state index in [0.29, 0.717) is 17.5 Å². The van der Waals surface area contributed by atoms with Gasteiger partial charge >= 0.3 is 11.9 Å². The van der Waals surface area contributed by atoms with Crippen LogP contribution in [0.4, 0.5) is 0 Å². The molecule has 2 amide bonds. The smallest absolute Gasteiger partial charge is 0.338 e. The molecule has 0 saturated carbocycles. The number of phenolic OH excluding ortho intramolecular Hbond substituents is 1. The number of aromatic hydroxyl groups is 1. The summed E-state index contributed by atoms with van der Waals surface area (Å²) < 4.78 is 25.6. The summed E-state index contributed by atoms with van der Waals surface area (Å²) in [5.41, 5.74) is 3.68. The number of nitrogens with one attached hydrogen (secondary N) is 1. The highest BCUT2D eigenvalue weighted by molar-refractivity contribution is 5.97. The van der Waals surface area contributed by atoms with Gasteiger partial charge in [-0.05, 0) is 74.6 Å². The highest BCUT2D eigenvalue weighted by Gasteiger charge is 2.55. The van der Waals surface area contributed by atoms with Crippen LogP contribution in [0.25, 0.3) is 6.08 Å². The molecule has 5 aromatic carbocycles. The fourth-order valence-corrected chi connectivity index (χ4v) is 8.33. The lowest BCUT2D eigenvalue weighted by atomic mass is 9.90. The minimum Gasteiger partial charge on any atom is -0.508 e. The second-order valence-corrected chi connectivity index (χ2v) is 17.8. The molecule has 1 fully saturated rings. The van der Waals surface area contributed by atoms with Crippen LogP contribution in [-0.4, -0.2) is 88.5 Å². The normalized spacial score (nSPS) is 18.5. The third-order valence-corrected chi connectivity index (χ3v) is 11.8. The zero-order valence-corrected chi connectivity index (χ0v) is 38.2. The molecule has 12 heteroatoms. The van der Waals surface area contributed by atoms with Crippen LogP contribution in [0.15, 0.2) is 157 Å². The van der Waals surface area contributed by atoms with Gasteiger partial charge in [0.15, 0.2) is 0 Å². The number of amides is 2. The fraction of sp³-hybridized carbons (Fsp3) is 0.309. The monoisotopic (exact) mass is 906 g/mol. The molecule has 12 nitrogen and oxygen atoms in total. The van der Waals surface area contributed by atoms with E-state index >= 15 is 0 Å². The quantitative estimate of drug-likeness (QED) is 0.0784. The Kier molecular flexibility index (Phi) is 15.5. The minimum absolute atomic E-state index is 0.0337. The zero-order valence-electron chi connectivity index (χ0n) is 38.2. The van der Waals surface area contributed by atoms with Gasteiger partial charge in [0.2, 0.25) is 17.6 Å². The van der Waals surface area contributed by atoms with Gasteiger partial charge in [0, 0.05) is 43.0 Å². The van der Waals surface area contributed by atoms with Gasteiger partial charge in [0.05, 0.1) is 18.2 Å². The number of phenols is 1. The first-order chi connectivity index (χ1) is 32.2. The molecular weight excluding hydrogens is 849 g/mol. The van der Waals surface area contributed by atoms with Crippen molar-refractivity contribution in [3.05, 3.63) is 191 Å². The summed E-state index contributed by atoms with van der Waals surface area (Å²) in [6.45, 7) is 4.86. The summed E-state index contributed by atoms with van der Waals surface area (Å²) in [4.78, 5) is 57.1. The molecule has 2 aliphatic rings. The number of carbonyl (C=O) groups excluding carboxylic acids is 4. The number of aliphatic hydroxyl groups excluding tert-OH is 1. The number of benzene rings is 5. The van der Waals surface area contributed by atoms with Crippen molar-refractivity contribution >= 4 is 29.8 Å². The van der Waals surface area contributed by atoms with Gasteiger partial charge in [-0.25, -0.2) is 4.79 Å². The van der Waals surface area contributed by atoms with E-state index in [2.05, 4.69) is 5.32 Å². The maximum atomic E-state index is 14.9. The van der Waals surface area contributed by atoms with E-state index in [1.54, 1.807) is 70.3 Å². The van der Waals surface area contributed by atoms with E-state index in [1.807, 2.05) is 115 Å². The zero-order chi connectivity index (χ0) is 47.6. The van der Waals surface area contributed by atoms with Crippen molar-refractivity contribution in [1.29, 1.82) is 0 Å². The number of aliphatic hydroxyl groups is 1. The number of likely N-dealkylation sites (N-methyl/N-ethyl adjacent to an activating group) is 1. The SMILES string of the molecule is CN(C(=O)C1=CC2OC(c3ccccc3)(c3ccccc3)OC2C(OC(=O)c2ccc(C=CCc3ccccc3O)cc2)C1)C(Cc1ccccc1)C(=O)NC(CO)CCC(=O)OC(C)(C)C. The van der Waals surface area contributed by atoms with Crippen LogP contribution in [0.1, 0.15) is 78.2 Å². The molecule has 348 valence electrons. The molecule has 7 rings (SSSR count). The van der Waals surface area contributed by atoms with E-state index in [1.165, 1.54) is 4.90 Å². The third kappa shape index (κ3) is 12.1. The topological polar surface area (TPSA) is 161 Å². The van der Waals surface area contributed by atoms with Gasteiger partial charge in [-0.1, -0.05) is 133 Å². The first-order valence-electron chi connectivity index (χ1n) is 22.6. The summed E-state index contributed by atoms with van der Waals surface area (Å²) in [5.74, 6) is -3.31. The van der Waals surface area contributed by atoms with Crippen LogP contribution in [0, 0.1) is 0 Å². The number of carbonyl (C=O) groups is 4. The third-order valence-electron chi connectivity index (χ3n) is 11.8. The molecule has 0 bridgehead atoms. The van der Waals surface area contributed by atoms with Crippen LogP contribution in [0.2, 0.25) is 0 Å². The Morgan fingerprint density at radius 1 is 0.836 bits per heavy atom.